The van der Waals surface area contributed by atoms with E-state index in [4.69, 9.17) is 0 Å². The smallest absolute Gasteiger partial charge is 0.106 e. The number of rotatable bonds is 4. The number of aliphatic hydroxyl groups is 1. The Morgan fingerprint density at radius 3 is 2.72 bits per heavy atom. The molecule has 0 amide bonds. The molecule has 1 heterocycles. The summed E-state index contributed by atoms with van der Waals surface area (Å²) in [5.41, 5.74) is 4.13. The Morgan fingerprint density at radius 1 is 1.17 bits per heavy atom. The molecule has 18 heavy (non-hydrogen) atoms. The number of aromatic nitrogens is 1. The minimum absolute atomic E-state index is 0.589. The van der Waals surface area contributed by atoms with E-state index in [0.717, 1.165) is 29.5 Å². The topological polar surface area (TPSA) is 33.1 Å². The zero-order valence-electron chi connectivity index (χ0n) is 10.9. The second-order valence-electron chi connectivity index (χ2n) is 4.69. The third-order valence-electron chi connectivity index (χ3n) is 3.02. The van der Waals surface area contributed by atoms with Crippen molar-refractivity contribution in [2.45, 2.75) is 32.8 Å². The highest BCUT2D eigenvalue weighted by Crippen LogP contribution is 2.23. The maximum atomic E-state index is 10.4. The van der Waals surface area contributed by atoms with Gasteiger partial charge in [0.2, 0.25) is 0 Å². The molecule has 1 unspecified atom stereocenters. The van der Waals surface area contributed by atoms with Gasteiger partial charge in [-0.3, -0.25) is 4.98 Å². The van der Waals surface area contributed by atoms with Gasteiger partial charge < -0.3 is 5.11 Å². The first-order valence-electron chi connectivity index (χ1n) is 6.39. The highest BCUT2D eigenvalue weighted by Gasteiger charge is 2.11. The van der Waals surface area contributed by atoms with Crippen molar-refractivity contribution in [1.82, 2.24) is 4.98 Å². The SMILES string of the molecule is CCCc1cccc(C(O)c2cncc(C)c2)c1. The number of pyridine rings is 1. The molecule has 0 bridgehead atoms. The predicted molar refractivity (Wildman–Crippen MR) is 73.5 cm³/mol. The molecule has 1 atom stereocenters. The molecule has 0 saturated heterocycles. The van der Waals surface area contributed by atoms with Gasteiger partial charge in [-0.15, -0.1) is 0 Å². The third-order valence-corrected chi connectivity index (χ3v) is 3.02. The van der Waals surface area contributed by atoms with E-state index in [0.29, 0.717) is 0 Å². The Kier molecular flexibility index (Phi) is 4.11. The maximum absolute atomic E-state index is 10.4. The molecule has 2 rings (SSSR count). The highest BCUT2D eigenvalue weighted by atomic mass is 16.3. The summed E-state index contributed by atoms with van der Waals surface area (Å²) in [5.74, 6) is 0. The Balaban J connectivity index is 2.27. The van der Waals surface area contributed by atoms with E-state index >= 15 is 0 Å². The van der Waals surface area contributed by atoms with Crippen LogP contribution in [0.15, 0.2) is 42.7 Å². The minimum Gasteiger partial charge on any atom is -0.384 e. The maximum Gasteiger partial charge on any atom is 0.106 e. The molecule has 1 aromatic heterocycles. The number of hydrogen-bond acceptors (Lipinski definition) is 2. The Bertz CT molecular complexity index is 522. The van der Waals surface area contributed by atoms with Gasteiger partial charge in [-0.2, -0.15) is 0 Å². The van der Waals surface area contributed by atoms with E-state index in [2.05, 4.69) is 24.0 Å². The number of hydrogen-bond donors (Lipinski definition) is 1. The van der Waals surface area contributed by atoms with E-state index in [9.17, 15) is 5.11 Å². The van der Waals surface area contributed by atoms with E-state index < -0.39 is 6.10 Å². The van der Waals surface area contributed by atoms with Crippen molar-refractivity contribution in [2.24, 2.45) is 0 Å². The normalized spacial score (nSPS) is 12.4. The Labute approximate surface area is 108 Å². The van der Waals surface area contributed by atoms with E-state index in [1.165, 1.54) is 5.56 Å². The molecule has 2 heteroatoms. The predicted octanol–water partition coefficient (Wildman–Crippen LogP) is 3.42. The standard InChI is InChI=1S/C16H19NO/c1-3-5-13-6-4-7-14(9-13)16(18)15-8-12(2)10-17-11-15/h4,6-11,16,18H,3,5H2,1-2H3. The molecule has 2 nitrogen and oxygen atoms in total. The summed E-state index contributed by atoms with van der Waals surface area (Å²) in [6, 6.07) is 10.1. The molecular formula is C16H19NO. The molecule has 0 fully saturated rings. The van der Waals surface area contributed by atoms with Gasteiger partial charge in [0, 0.05) is 18.0 Å². The summed E-state index contributed by atoms with van der Waals surface area (Å²) in [7, 11) is 0. The van der Waals surface area contributed by atoms with Crippen molar-refractivity contribution >= 4 is 0 Å². The minimum atomic E-state index is -0.589. The highest BCUT2D eigenvalue weighted by molar-refractivity contribution is 5.32. The summed E-state index contributed by atoms with van der Waals surface area (Å²) in [6.07, 6.45) is 5.10. The monoisotopic (exact) mass is 241 g/mol. The summed E-state index contributed by atoms with van der Waals surface area (Å²) < 4.78 is 0. The van der Waals surface area contributed by atoms with Crippen LogP contribution in [0.25, 0.3) is 0 Å². The quantitative estimate of drug-likeness (QED) is 0.889. The first kappa shape index (κ1) is 12.8. The van der Waals surface area contributed by atoms with Gasteiger partial charge in [0.05, 0.1) is 0 Å². The van der Waals surface area contributed by atoms with Crippen LogP contribution in [0.4, 0.5) is 0 Å². The molecule has 94 valence electrons. The van der Waals surface area contributed by atoms with E-state index in [1.807, 2.05) is 25.1 Å². The molecule has 1 N–H and O–H groups in total. The third kappa shape index (κ3) is 2.96. The molecule has 2 aromatic rings. The lowest BCUT2D eigenvalue weighted by atomic mass is 9.99. The zero-order chi connectivity index (χ0) is 13.0. The van der Waals surface area contributed by atoms with Crippen LogP contribution in [0.5, 0.6) is 0 Å². The summed E-state index contributed by atoms with van der Waals surface area (Å²) >= 11 is 0. The van der Waals surface area contributed by atoms with Crippen molar-refractivity contribution in [1.29, 1.82) is 0 Å². The Hall–Kier alpha value is -1.67. The number of benzene rings is 1. The molecule has 0 aliphatic heterocycles. The molecule has 0 aliphatic carbocycles. The van der Waals surface area contributed by atoms with Crippen LogP contribution in [0.3, 0.4) is 0 Å². The molecule has 0 aliphatic rings. The number of aryl methyl sites for hydroxylation is 2. The molecular weight excluding hydrogens is 222 g/mol. The van der Waals surface area contributed by atoms with E-state index in [-0.39, 0.29) is 0 Å². The van der Waals surface area contributed by atoms with Gasteiger partial charge >= 0.3 is 0 Å². The van der Waals surface area contributed by atoms with E-state index in [1.54, 1.807) is 12.4 Å². The van der Waals surface area contributed by atoms with Crippen LogP contribution in [0.1, 0.15) is 41.7 Å². The molecule has 0 radical (unpaired) electrons. The molecule has 1 aromatic carbocycles. The van der Waals surface area contributed by atoms with Crippen LogP contribution >= 0.6 is 0 Å². The average Bonchev–Trinajstić information content (AvgIpc) is 2.39. The lowest BCUT2D eigenvalue weighted by molar-refractivity contribution is 0.219. The van der Waals surface area contributed by atoms with Crippen LogP contribution in [0, 0.1) is 6.92 Å². The van der Waals surface area contributed by atoms with Crippen molar-refractivity contribution in [3.8, 4) is 0 Å². The van der Waals surface area contributed by atoms with Crippen molar-refractivity contribution < 1.29 is 5.11 Å². The van der Waals surface area contributed by atoms with Gasteiger partial charge in [0.1, 0.15) is 6.10 Å². The van der Waals surface area contributed by atoms with Crippen molar-refractivity contribution in [2.75, 3.05) is 0 Å². The number of nitrogens with zero attached hydrogens (tertiary/aromatic N) is 1. The average molecular weight is 241 g/mol. The lowest BCUT2D eigenvalue weighted by Crippen LogP contribution is -2.01. The van der Waals surface area contributed by atoms with Crippen molar-refractivity contribution in [3.63, 3.8) is 0 Å². The van der Waals surface area contributed by atoms with Crippen LogP contribution in [-0.2, 0) is 6.42 Å². The second-order valence-corrected chi connectivity index (χ2v) is 4.69. The fourth-order valence-corrected chi connectivity index (χ4v) is 2.13. The summed E-state index contributed by atoms with van der Waals surface area (Å²) in [4.78, 5) is 4.13. The fraction of sp³-hybridized carbons (Fsp3) is 0.312. The molecule has 0 spiro atoms. The number of aliphatic hydroxyl groups excluding tert-OH is 1. The summed E-state index contributed by atoms with van der Waals surface area (Å²) in [6.45, 7) is 4.14. The van der Waals surface area contributed by atoms with Gasteiger partial charge in [-0.1, -0.05) is 43.7 Å². The Morgan fingerprint density at radius 2 is 2.00 bits per heavy atom. The zero-order valence-corrected chi connectivity index (χ0v) is 10.9. The lowest BCUT2D eigenvalue weighted by Gasteiger charge is -2.13. The van der Waals surface area contributed by atoms with Gasteiger partial charge in [0.25, 0.3) is 0 Å². The van der Waals surface area contributed by atoms with Crippen LogP contribution in [-0.4, -0.2) is 10.1 Å². The van der Waals surface area contributed by atoms with Crippen LogP contribution < -0.4 is 0 Å². The summed E-state index contributed by atoms with van der Waals surface area (Å²) in [5, 5.41) is 10.4. The van der Waals surface area contributed by atoms with Gasteiger partial charge in [-0.25, -0.2) is 0 Å². The van der Waals surface area contributed by atoms with Crippen LogP contribution in [0.2, 0.25) is 0 Å². The second kappa shape index (κ2) is 5.78. The van der Waals surface area contributed by atoms with Gasteiger partial charge in [-0.05, 0) is 30.0 Å². The fourth-order valence-electron chi connectivity index (χ4n) is 2.13. The van der Waals surface area contributed by atoms with Gasteiger partial charge in [0.15, 0.2) is 0 Å². The van der Waals surface area contributed by atoms with Crippen molar-refractivity contribution in [3.05, 3.63) is 65.0 Å². The first-order chi connectivity index (χ1) is 8.70. The first-order valence-corrected chi connectivity index (χ1v) is 6.39. The molecule has 0 saturated carbocycles. The largest absolute Gasteiger partial charge is 0.384 e.